The van der Waals surface area contributed by atoms with E-state index >= 15 is 0 Å². The lowest BCUT2D eigenvalue weighted by Gasteiger charge is -2.26. The van der Waals surface area contributed by atoms with Gasteiger partial charge in [-0.05, 0) is 94.6 Å². The Hall–Kier alpha value is -1.11. The van der Waals surface area contributed by atoms with E-state index in [4.69, 9.17) is 19.0 Å². The molecule has 1 aliphatic heterocycles. The van der Waals surface area contributed by atoms with Crippen LogP contribution in [0.25, 0.3) is 20.8 Å². The van der Waals surface area contributed by atoms with Gasteiger partial charge >= 0.3 is 0 Å². The van der Waals surface area contributed by atoms with Gasteiger partial charge in [-0.1, -0.05) is 13.8 Å². The Morgan fingerprint density at radius 3 is 2.22 bits per heavy atom. The number of nitrogens with zero attached hydrogens (tertiary/aromatic N) is 2. The van der Waals surface area contributed by atoms with Crippen LogP contribution in [0.3, 0.4) is 0 Å². The van der Waals surface area contributed by atoms with Gasteiger partial charge in [-0.15, -0.1) is 11.3 Å². The maximum absolute atomic E-state index is 8.87. The molecular formula is C28H42IN3O3S2. The molecule has 206 valence electrons. The zero-order chi connectivity index (χ0) is 27.0. The van der Waals surface area contributed by atoms with Crippen molar-refractivity contribution in [3.05, 3.63) is 42.5 Å². The maximum atomic E-state index is 8.87. The summed E-state index contributed by atoms with van der Waals surface area (Å²) in [5, 5.41) is 13.1. The number of nitrogens with one attached hydrogen (secondary N) is 1. The van der Waals surface area contributed by atoms with Crippen LogP contribution in [0.5, 0.6) is 5.75 Å². The fraction of sp³-hybridized carbons (Fsp3) is 0.536. The second-order valence-corrected chi connectivity index (χ2v) is 11.2. The van der Waals surface area contributed by atoms with Crippen LogP contribution in [0.4, 0.5) is 5.69 Å². The minimum atomic E-state index is -0.0266. The summed E-state index contributed by atoms with van der Waals surface area (Å²) >= 11 is 3.81. The summed E-state index contributed by atoms with van der Waals surface area (Å²) in [6, 6.07) is 14.8. The molecule has 0 atom stereocenters. The SMILES string of the molecule is CC.CCOSI.CN(C)c1ccc(-c2nc3ccc(OC4CCC4)cc3s2)cc1.OC1CCNCC1. The summed E-state index contributed by atoms with van der Waals surface area (Å²) in [4.78, 5) is 6.86. The molecule has 9 heteroatoms. The monoisotopic (exact) mass is 659 g/mol. The highest BCUT2D eigenvalue weighted by atomic mass is 127. The molecule has 2 fully saturated rings. The smallest absolute Gasteiger partial charge is 0.124 e. The molecule has 3 aromatic rings. The number of fused-ring (bicyclic) bond motifs is 1. The summed E-state index contributed by atoms with van der Waals surface area (Å²) in [5.74, 6) is 0.973. The highest BCUT2D eigenvalue weighted by Crippen LogP contribution is 2.34. The molecule has 37 heavy (non-hydrogen) atoms. The number of ether oxygens (including phenoxy) is 1. The Kier molecular flexibility index (Phi) is 15.8. The Balaban J connectivity index is 0.000000284. The largest absolute Gasteiger partial charge is 0.490 e. The molecule has 2 N–H and O–H groups in total. The van der Waals surface area contributed by atoms with E-state index in [9.17, 15) is 0 Å². The minimum absolute atomic E-state index is 0.0266. The van der Waals surface area contributed by atoms with Crippen LogP contribution in [-0.4, -0.2) is 56.1 Å². The van der Waals surface area contributed by atoms with Gasteiger partial charge in [0.25, 0.3) is 0 Å². The van der Waals surface area contributed by atoms with Crippen LogP contribution in [0.1, 0.15) is 52.9 Å². The van der Waals surface area contributed by atoms with Crippen molar-refractivity contribution in [2.45, 2.75) is 65.1 Å². The van der Waals surface area contributed by atoms with Crippen molar-refractivity contribution < 1.29 is 14.0 Å². The van der Waals surface area contributed by atoms with Gasteiger partial charge in [0.1, 0.15) is 10.8 Å². The molecule has 0 amide bonds. The Bertz CT molecular complexity index is 1010. The number of piperidine rings is 1. The Morgan fingerprint density at radius 2 is 1.76 bits per heavy atom. The molecule has 5 rings (SSSR count). The van der Waals surface area contributed by atoms with Crippen LogP contribution in [-0.2, 0) is 4.18 Å². The molecule has 0 bridgehead atoms. The van der Waals surface area contributed by atoms with Gasteiger partial charge in [0.05, 0.1) is 38.2 Å². The molecular weight excluding hydrogens is 617 g/mol. The van der Waals surface area contributed by atoms with Crippen molar-refractivity contribution in [1.82, 2.24) is 10.3 Å². The number of aliphatic hydroxyl groups is 1. The quantitative estimate of drug-likeness (QED) is 0.207. The lowest BCUT2D eigenvalue weighted by molar-refractivity contribution is 0.120. The number of anilines is 1. The van der Waals surface area contributed by atoms with Crippen LogP contribution in [0.15, 0.2) is 42.5 Å². The van der Waals surface area contributed by atoms with Crippen molar-refractivity contribution in [1.29, 1.82) is 0 Å². The van der Waals surface area contributed by atoms with Gasteiger partial charge < -0.3 is 24.2 Å². The van der Waals surface area contributed by atoms with E-state index in [1.165, 1.54) is 44.4 Å². The predicted octanol–water partition coefficient (Wildman–Crippen LogP) is 7.74. The van der Waals surface area contributed by atoms with Crippen LogP contribution < -0.4 is 15.0 Å². The average Bonchev–Trinajstić information content (AvgIpc) is 3.33. The zero-order valence-corrected chi connectivity index (χ0v) is 26.5. The number of rotatable bonds is 6. The molecule has 0 unspecified atom stereocenters. The topological polar surface area (TPSA) is 66.9 Å². The fourth-order valence-electron chi connectivity index (χ4n) is 3.54. The second-order valence-electron chi connectivity index (χ2n) is 8.71. The molecule has 1 aromatic heterocycles. The standard InChI is InChI=1S/C19H20N2OS.C5H11NO.C2H5IOS.C2H6/c1-21(2)14-8-6-13(7-9-14)19-20-17-11-10-16(12-18(17)23-19)22-15-4-3-5-15;7-5-1-3-6-4-2-5;1-2-4-5-3;1-2/h6-12,15H,3-5H2,1-2H3;5-7H,1-4H2;2H2,1H3;1-2H3. The predicted molar refractivity (Wildman–Crippen MR) is 170 cm³/mol. The first-order valence-electron chi connectivity index (χ1n) is 13.1. The van der Waals surface area contributed by atoms with Crippen molar-refractivity contribution in [3.8, 4) is 16.3 Å². The van der Waals surface area contributed by atoms with Gasteiger partial charge in [0.15, 0.2) is 0 Å². The third-order valence-corrected chi connectivity index (χ3v) is 7.97. The number of benzene rings is 2. The molecule has 1 saturated carbocycles. The normalized spacial score (nSPS) is 15.2. The molecule has 2 aromatic carbocycles. The number of hydrogen-bond donors (Lipinski definition) is 2. The number of halogens is 1. The van der Waals surface area contributed by atoms with Crippen LogP contribution in [0, 0.1) is 0 Å². The maximum Gasteiger partial charge on any atom is 0.124 e. The minimum Gasteiger partial charge on any atom is -0.490 e. The Labute approximate surface area is 243 Å². The van der Waals surface area contributed by atoms with E-state index in [2.05, 4.69) is 81.9 Å². The molecule has 6 nitrogen and oxygen atoms in total. The van der Waals surface area contributed by atoms with Crippen LogP contribution >= 0.6 is 41.8 Å². The zero-order valence-electron chi connectivity index (χ0n) is 22.7. The van der Waals surface area contributed by atoms with E-state index in [-0.39, 0.29) is 6.10 Å². The van der Waals surface area contributed by atoms with E-state index in [0.717, 1.165) is 48.8 Å². The first-order valence-corrected chi connectivity index (χ1v) is 17.2. The van der Waals surface area contributed by atoms with Crippen molar-refractivity contribution >= 4 is 57.7 Å². The first kappa shape index (κ1) is 32.1. The van der Waals surface area contributed by atoms with E-state index in [1.807, 2.05) is 26.8 Å². The van der Waals surface area contributed by atoms with E-state index in [1.54, 1.807) is 11.3 Å². The fourth-order valence-corrected chi connectivity index (χ4v) is 5.39. The molecule has 0 radical (unpaired) electrons. The molecule has 0 spiro atoms. The summed E-state index contributed by atoms with van der Waals surface area (Å²) in [5.41, 5.74) is 3.41. The number of aliphatic hydroxyl groups excluding tert-OH is 1. The second kappa shape index (κ2) is 18.2. The first-order chi connectivity index (χ1) is 18.0. The van der Waals surface area contributed by atoms with E-state index < -0.39 is 0 Å². The van der Waals surface area contributed by atoms with Crippen LogP contribution in [0.2, 0.25) is 0 Å². The Morgan fingerprint density at radius 1 is 1.08 bits per heavy atom. The number of aromatic nitrogens is 1. The summed E-state index contributed by atoms with van der Waals surface area (Å²) in [7, 11) is 5.48. The van der Waals surface area contributed by atoms with Gasteiger partial charge in [0.2, 0.25) is 0 Å². The third kappa shape index (κ3) is 11.3. The number of thiazole rings is 1. The van der Waals surface area contributed by atoms with E-state index in [0.29, 0.717) is 6.10 Å². The highest BCUT2D eigenvalue weighted by molar-refractivity contribution is 14.2. The molecule has 1 saturated heterocycles. The van der Waals surface area contributed by atoms with Gasteiger partial charge in [-0.2, -0.15) is 0 Å². The number of hydrogen-bond acceptors (Lipinski definition) is 8. The third-order valence-electron chi connectivity index (χ3n) is 5.82. The highest BCUT2D eigenvalue weighted by Gasteiger charge is 2.19. The van der Waals surface area contributed by atoms with Crippen molar-refractivity contribution in [3.63, 3.8) is 0 Å². The average molecular weight is 660 g/mol. The molecule has 1 aliphatic carbocycles. The molecule has 2 aliphatic rings. The van der Waals surface area contributed by atoms with Gasteiger partial charge in [0, 0.05) is 46.6 Å². The van der Waals surface area contributed by atoms with Gasteiger partial charge in [-0.25, -0.2) is 4.98 Å². The lowest BCUT2D eigenvalue weighted by atomic mass is 9.96. The lowest BCUT2D eigenvalue weighted by Crippen LogP contribution is -2.30. The summed E-state index contributed by atoms with van der Waals surface area (Å²) in [6.07, 6.45) is 5.91. The summed E-state index contributed by atoms with van der Waals surface area (Å²) < 4.78 is 11.9. The molecule has 2 heterocycles. The van der Waals surface area contributed by atoms with Gasteiger partial charge in [-0.3, -0.25) is 0 Å². The van der Waals surface area contributed by atoms with Crippen molar-refractivity contribution in [2.24, 2.45) is 0 Å². The van der Waals surface area contributed by atoms with Crippen molar-refractivity contribution in [2.75, 3.05) is 38.7 Å². The summed E-state index contributed by atoms with van der Waals surface area (Å²) in [6.45, 7) is 8.74.